The molecule has 2 aromatic heterocycles. The number of carbonyl (C=O) groups is 1. The molecule has 3 aromatic rings. The molecule has 0 aliphatic heterocycles. The van der Waals surface area contributed by atoms with Gasteiger partial charge in [-0.15, -0.1) is 0 Å². The van der Waals surface area contributed by atoms with Crippen LogP contribution in [0.4, 0.5) is 13.2 Å². The second-order valence-electron chi connectivity index (χ2n) is 8.01. The molecule has 2 N–H and O–H groups in total. The normalized spacial score (nSPS) is 15.6. The van der Waals surface area contributed by atoms with E-state index in [2.05, 4.69) is 10.1 Å². The van der Waals surface area contributed by atoms with Gasteiger partial charge >= 0.3 is 6.18 Å². The van der Waals surface area contributed by atoms with E-state index in [1.807, 2.05) is 4.72 Å². The molecule has 0 atom stereocenters. The largest absolute Gasteiger partial charge is 0.435 e. The molecule has 12 heteroatoms. The van der Waals surface area contributed by atoms with Crippen LogP contribution in [-0.2, 0) is 16.2 Å². The zero-order valence-corrected chi connectivity index (χ0v) is 18.4. The zero-order valence-electron chi connectivity index (χ0n) is 17.6. The summed E-state index contributed by atoms with van der Waals surface area (Å²) in [6.45, 7) is 1.32. The van der Waals surface area contributed by atoms with Crippen LogP contribution < -0.4 is 10.3 Å². The van der Waals surface area contributed by atoms with Crippen LogP contribution in [0.1, 0.15) is 53.8 Å². The number of aromatic amines is 1. The number of amides is 1. The molecular weight excluding hydrogens is 461 g/mol. The number of H-pyrrole nitrogens is 1. The van der Waals surface area contributed by atoms with Crippen molar-refractivity contribution in [2.24, 2.45) is 0 Å². The molecule has 4 rings (SSSR count). The van der Waals surface area contributed by atoms with Gasteiger partial charge in [-0.2, -0.15) is 22.8 Å². The van der Waals surface area contributed by atoms with Gasteiger partial charge in [-0.05, 0) is 25.3 Å². The number of hydrogen-bond donors (Lipinski definition) is 2. The summed E-state index contributed by atoms with van der Waals surface area (Å²) in [5.74, 6) is -1.20. The maximum absolute atomic E-state index is 13.7. The number of nitrogens with one attached hydrogen (secondary N) is 2. The summed E-state index contributed by atoms with van der Waals surface area (Å²) in [6, 6.07) is 7.60. The zero-order chi connectivity index (χ0) is 24.0. The highest BCUT2D eigenvalue weighted by Crippen LogP contribution is 2.38. The van der Waals surface area contributed by atoms with E-state index in [-0.39, 0.29) is 22.5 Å². The Balaban J connectivity index is 1.84. The van der Waals surface area contributed by atoms with Crippen molar-refractivity contribution in [2.45, 2.75) is 50.5 Å². The number of carbonyl (C=O) groups excluding carboxylic acids is 1. The number of aryl methyl sites for hydroxylation is 1. The minimum Gasteiger partial charge on any atom is -0.342 e. The lowest BCUT2D eigenvalue weighted by Crippen LogP contribution is -2.42. The monoisotopic (exact) mass is 482 g/mol. The summed E-state index contributed by atoms with van der Waals surface area (Å²) in [7, 11) is -4.05. The van der Waals surface area contributed by atoms with Crippen LogP contribution in [-0.4, -0.2) is 34.2 Å². The Morgan fingerprint density at radius 2 is 1.79 bits per heavy atom. The lowest BCUT2D eigenvalue weighted by molar-refractivity contribution is -0.140. The fourth-order valence-electron chi connectivity index (χ4n) is 4.17. The van der Waals surface area contributed by atoms with Gasteiger partial charge in [0.15, 0.2) is 5.69 Å². The van der Waals surface area contributed by atoms with Crippen molar-refractivity contribution >= 4 is 21.6 Å². The van der Waals surface area contributed by atoms with Gasteiger partial charge < -0.3 is 4.98 Å². The quantitative estimate of drug-likeness (QED) is 0.592. The van der Waals surface area contributed by atoms with Crippen molar-refractivity contribution in [3.63, 3.8) is 0 Å². The maximum atomic E-state index is 13.7. The van der Waals surface area contributed by atoms with E-state index < -0.39 is 44.2 Å². The Hall–Kier alpha value is -3.15. The van der Waals surface area contributed by atoms with Gasteiger partial charge in [0, 0.05) is 5.69 Å². The summed E-state index contributed by atoms with van der Waals surface area (Å²) in [5.41, 5.74) is -3.55. The lowest BCUT2D eigenvalue weighted by Gasteiger charge is -2.21. The smallest absolute Gasteiger partial charge is 0.342 e. The summed E-state index contributed by atoms with van der Waals surface area (Å²) < 4.78 is 68.8. The number of alkyl halides is 3. The lowest BCUT2D eigenvalue weighted by atomic mass is 10.0. The Bertz CT molecular complexity index is 1370. The number of aromatic nitrogens is 3. The molecule has 2 heterocycles. The van der Waals surface area contributed by atoms with Crippen LogP contribution in [0, 0.1) is 6.92 Å². The molecule has 33 heavy (non-hydrogen) atoms. The molecule has 0 unspecified atom stereocenters. The Kier molecular flexibility index (Phi) is 5.81. The SMILES string of the molecule is Cc1[nH]c2c(-c3ccccc3)c(C(F)(F)F)nn2c(=O)c1C(=O)NS(=O)(=O)C1CCCCC1. The molecule has 0 bridgehead atoms. The topological polar surface area (TPSA) is 113 Å². The number of halogens is 3. The molecule has 8 nitrogen and oxygen atoms in total. The van der Waals surface area contributed by atoms with Crippen molar-refractivity contribution in [1.29, 1.82) is 0 Å². The summed E-state index contributed by atoms with van der Waals surface area (Å²) in [4.78, 5) is 28.5. The molecular formula is C21H21F3N4O4S. The third-order valence-electron chi connectivity index (χ3n) is 5.76. The Labute approximate surface area is 186 Å². The molecule has 0 saturated heterocycles. The molecule has 1 amide bonds. The van der Waals surface area contributed by atoms with Crippen LogP contribution >= 0.6 is 0 Å². The van der Waals surface area contributed by atoms with Crippen molar-refractivity contribution in [1.82, 2.24) is 19.3 Å². The fraction of sp³-hybridized carbons (Fsp3) is 0.381. The van der Waals surface area contributed by atoms with Gasteiger partial charge in [-0.1, -0.05) is 49.6 Å². The second-order valence-corrected chi connectivity index (χ2v) is 9.97. The third kappa shape index (κ3) is 4.26. The Morgan fingerprint density at radius 1 is 1.15 bits per heavy atom. The number of hydrogen-bond acceptors (Lipinski definition) is 5. The first kappa shape index (κ1) is 23.0. The molecule has 0 spiro atoms. The second kappa shape index (κ2) is 8.32. The molecule has 176 valence electrons. The highest BCUT2D eigenvalue weighted by molar-refractivity contribution is 7.90. The first-order chi connectivity index (χ1) is 15.5. The summed E-state index contributed by atoms with van der Waals surface area (Å²) in [5, 5.41) is 2.69. The van der Waals surface area contributed by atoms with Gasteiger partial charge in [0.05, 0.1) is 10.8 Å². The highest BCUT2D eigenvalue weighted by atomic mass is 32.2. The first-order valence-corrected chi connectivity index (χ1v) is 11.9. The van der Waals surface area contributed by atoms with E-state index in [9.17, 15) is 31.2 Å². The van der Waals surface area contributed by atoms with Gasteiger partial charge in [0.1, 0.15) is 11.2 Å². The number of rotatable bonds is 4. The number of benzene rings is 1. The summed E-state index contributed by atoms with van der Waals surface area (Å²) in [6.07, 6.45) is -1.77. The van der Waals surface area contributed by atoms with Crippen molar-refractivity contribution < 1.29 is 26.4 Å². The van der Waals surface area contributed by atoms with Crippen molar-refractivity contribution in [3.8, 4) is 11.1 Å². The third-order valence-corrected chi connectivity index (χ3v) is 7.58. The minimum atomic E-state index is -4.88. The molecule has 1 aliphatic carbocycles. The predicted molar refractivity (Wildman–Crippen MR) is 114 cm³/mol. The summed E-state index contributed by atoms with van der Waals surface area (Å²) >= 11 is 0. The van der Waals surface area contributed by atoms with Gasteiger partial charge in [-0.3, -0.25) is 9.59 Å². The molecule has 1 aliphatic rings. The van der Waals surface area contributed by atoms with Crippen LogP contribution in [0.15, 0.2) is 35.1 Å². The van der Waals surface area contributed by atoms with E-state index >= 15 is 0 Å². The number of nitrogens with zero attached hydrogens (tertiary/aromatic N) is 2. The molecule has 1 saturated carbocycles. The van der Waals surface area contributed by atoms with Crippen LogP contribution in [0.3, 0.4) is 0 Å². The van der Waals surface area contributed by atoms with Crippen LogP contribution in [0.2, 0.25) is 0 Å². The van der Waals surface area contributed by atoms with Gasteiger partial charge in [0.25, 0.3) is 11.5 Å². The fourth-order valence-corrected chi connectivity index (χ4v) is 5.65. The van der Waals surface area contributed by atoms with E-state index in [0.717, 1.165) is 6.42 Å². The maximum Gasteiger partial charge on any atom is 0.435 e. The van der Waals surface area contributed by atoms with Crippen molar-refractivity contribution in [3.05, 3.63) is 57.6 Å². The van der Waals surface area contributed by atoms with Crippen LogP contribution in [0.25, 0.3) is 16.8 Å². The molecule has 0 radical (unpaired) electrons. The first-order valence-electron chi connectivity index (χ1n) is 10.3. The predicted octanol–water partition coefficient (Wildman–Crippen LogP) is 3.41. The van der Waals surface area contributed by atoms with Crippen LogP contribution in [0.5, 0.6) is 0 Å². The molecule has 1 fully saturated rings. The van der Waals surface area contributed by atoms with E-state index in [4.69, 9.17) is 0 Å². The van der Waals surface area contributed by atoms with Gasteiger partial charge in [-0.25, -0.2) is 13.1 Å². The Morgan fingerprint density at radius 3 is 2.39 bits per heavy atom. The average molecular weight is 482 g/mol. The van der Waals surface area contributed by atoms with E-state index in [1.54, 1.807) is 18.2 Å². The number of sulfonamides is 1. The standard InChI is InChI=1S/C21H21F3N4O4S/c1-12-15(19(29)27-33(31,32)14-10-6-3-7-11-14)20(30)28-18(25-12)16(13-8-4-2-5-9-13)17(26-28)21(22,23)24/h2,4-5,8-9,14,25H,3,6-7,10-11H2,1H3,(H,27,29). The van der Waals surface area contributed by atoms with E-state index in [1.165, 1.54) is 19.1 Å². The van der Waals surface area contributed by atoms with E-state index in [0.29, 0.717) is 30.2 Å². The molecule has 1 aromatic carbocycles. The average Bonchev–Trinajstić information content (AvgIpc) is 3.15. The number of fused-ring (bicyclic) bond motifs is 1. The highest BCUT2D eigenvalue weighted by Gasteiger charge is 2.40. The van der Waals surface area contributed by atoms with Crippen molar-refractivity contribution in [2.75, 3.05) is 0 Å². The van der Waals surface area contributed by atoms with Gasteiger partial charge in [0.2, 0.25) is 10.0 Å². The minimum absolute atomic E-state index is 0.0744.